The molecule has 2 N–H and O–H groups in total. The molecule has 7 nitrogen and oxygen atoms in total. The molecule has 0 aromatic heterocycles. The third-order valence-corrected chi connectivity index (χ3v) is 6.01. The summed E-state index contributed by atoms with van der Waals surface area (Å²) in [6.45, 7) is 4.90. The molecule has 29 heavy (non-hydrogen) atoms. The van der Waals surface area contributed by atoms with Crippen LogP contribution in [0.1, 0.15) is 25.8 Å². The molecule has 2 aromatic carbocycles. The Hall–Kier alpha value is -2.58. The zero-order valence-corrected chi connectivity index (χ0v) is 17.4. The largest absolute Gasteiger partial charge is 0.490 e. The lowest BCUT2D eigenvalue weighted by molar-refractivity contribution is -0.123. The van der Waals surface area contributed by atoms with E-state index < -0.39 is 16.1 Å². The summed E-state index contributed by atoms with van der Waals surface area (Å²) in [6, 6.07) is 13.0. The fourth-order valence-electron chi connectivity index (χ4n) is 2.93. The number of amides is 1. The Morgan fingerprint density at radius 1 is 1.03 bits per heavy atom. The smallest absolute Gasteiger partial charge is 0.241 e. The van der Waals surface area contributed by atoms with Crippen molar-refractivity contribution in [3.05, 3.63) is 54.1 Å². The number of sulfonamides is 1. The van der Waals surface area contributed by atoms with Crippen molar-refractivity contribution in [2.75, 3.05) is 13.2 Å². The summed E-state index contributed by atoms with van der Waals surface area (Å²) in [7, 11) is -3.92. The lowest BCUT2D eigenvalue weighted by Crippen LogP contribution is -2.49. The normalized spacial score (nSPS) is 14.9. The van der Waals surface area contributed by atoms with Gasteiger partial charge in [-0.25, -0.2) is 8.42 Å². The van der Waals surface area contributed by atoms with Gasteiger partial charge in [0.1, 0.15) is 6.04 Å². The summed E-state index contributed by atoms with van der Waals surface area (Å²) >= 11 is 0. The van der Waals surface area contributed by atoms with Gasteiger partial charge in [0.15, 0.2) is 11.5 Å². The Balaban J connectivity index is 1.73. The molecule has 0 saturated carbocycles. The Kier molecular flexibility index (Phi) is 6.76. The molecule has 0 spiro atoms. The summed E-state index contributed by atoms with van der Waals surface area (Å²) in [5.41, 5.74) is 0.939. The van der Waals surface area contributed by atoms with Crippen LogP contribution in [-0.4, -0.2) is 33.6 Å². The highest BCUT2D eigenvalue weighted by molar-refractivity contribution is 7.89. The summed E-state index contributed by atoms with van der Waals surface area (Å²) < 4.78 is 39.5. The third kappa shape index (κ3) is 5.48. The second kappa shape index (κ2) is 9.28. The molecule has 0 fully saturated rings. The Morgan fingerprint density at radius 3 is 2.41 bits per heavy atom. The summed E-state index contributed by atoms with van der Waals surface area (Å²) in [6.07, 6.45) is 0.728. The molecule has 8 heteroatoms. The summed E-state index contributed by atoms with van der Waals surface area (Å²) in [5.74, 6) is 0.296. The topological polar surface area (TPSA) is 93.7 Å². The number of ether oxygens (including phenoxy) is 2. The van der Waals surface area contributed by atoms with E-state index in [4.69, 9.17) is 9.47 Å². The van der Waals surface area contributed by atoms with E-state index in [9.17, 15) is 13.2 Å². The maximum absolute atomic E-state index is 12.9. The number of nitrogens with one attached hydrogen (secondary N) is 2. The molecule has 156 valence electrons. The fourth-order valence-corrected chi connectivity index (χ4v) is 4.29. The SMILES string of the molecule is CC(C)[C@H](NS(=O)(=O)c1ccc2c(c1)OCCCO2)C(=O)NCc1ccccc1. The second-order valence-corrected chi connectivity index (χ2v) is 8.92. The number of carbonyl (C=O) groups excluding carboxylic acids is 1. The van der Waals surface area contributed by atoms with Crippen molar-refractivity contribution in [1.82, 2.24) is 10.0 Å². The van der Waals surface area contributed by atoms with Crippen molar-refractivity contribution >= 4 is 15.9 Å². The van der Waals surface area contributed by atoms with Crippen molar-refractivity contribution in [2.45, 2.75) is 37.8 Å². The van der Waals surface area contributed by atoms with E-state index in [1.54, 1.807) is 19.9 Å². The Morgan fingerprint density at radius 2 is 1.72 bits per heavy atom. The van der Waals surface area contributed by atoms with E-state index in [0.717, 1.165) is 12.0 Å². The molecule has 1 atom stereocenters. The minimum Gasteiger partial charge on any atom is -0.490 e. The monoisotopic (exact) mass is 418 g/mol. The van der Waals surface area contributed by atoms with Crippen molar-refractivity contribution < 1.29 is 22.7 Å². The van der Waals surface area contributed by atoms with Crippen molar-refractivity contribution in [3.8, 4) is 11.5 Å². The van der Waals surface area contributed by atoms with Crippen LogP contribution < -0.4 is 19.5 Å². The minimum atomic E-state index is -3.92. The maximum Gasteiger partial charge on any atom is 0.241 e. The molecule has 0 unspecified atom stereocenters. The first kappa shape index (κ1) is 21.1. The van der Waals surface area contributed by atoms with Crippen LogP contribution in [0.3, 0.4) is 0 Å². The van der Waals surface area contributed by atoms with E-state index in [2.05, 4.69) is 10.0 Å². The molecule has 2 aromatic rings. The van der Waals surface area contributed by atoms with Crippen LogP contribution in [0.15, 0.2) is 53.4 Å². The molecule has 3 rings (SSSR count). The minimum absolute atomic E-state index is 0.0308. The first-order valence-electron chi connectivity index (χ1n) is 9.60. The van der Waals surface area contributed by atoms with Gasteiger partial charge in [0.2, 0.25) is 15.9 Å². The van der Waals surface area contributed by atoms with Gasteiger partial charge in [-0.05, 0) is 23.6 Å². The number of fused-ring (bicyclic) bond motifs is 1. The van der Waals surface area contributed by atoms with E-state index >= 15 is 0 Å². The lowest BCUT2D eigenvalue weighted by Gasteiger charge is -2.22. The van der Waals surface area contributed by atoms with E-state index in [1.807, 2.05) is 30.3 Å². The van der Waals surface area contributed by atoms with Gasteiger partial charge >= 0.3 is 0 Å². The maximum atomic E-state index is 12.9. The van der Waals surface area contributed by atoms with Crippen molar-refractivity contribution in [2.24, 2.45) is 5.92 Å². The van der Waals surface area contributed by atoms with Gasteiger partial charge in [-0.15, -0.1) is 0 Å². The number of benzene rings is 2. The highest BCUT2D eigenvalue weighted by Crippen LogP contribution is 2.32. The second-order valence-electron chi connectivity index (χ2n) is 7.21. The van der Waals surface area contributed by atoms with Gasteiger partial charge in [-0.1, -0.05) is 44.2 Å². The van der Waals surface area contributed by atoms with Gasteiger partial charge < -0.3 is 14.8 Å². The number of hydrogen-bond acceptors (Lipinski definition) is 5. The van der Waals surface area contributed by atoms with Crippen LogP contribution in [0.4, 0.5) is 0 Å². The highest BCUT2D eigenvalue weighted by atomic mass is 32.2. The molecule has 1 aliphatic rings. The summed E-state index contributed by atoms with van der Waals surface area (Å²) in [5, 5.41) is 2.80. The Labute approximate surface area is 171 Å². The quantitative estimate of drug-likeness (QED) is 0.720. The average molecular weight is 419 g/mol. The fraction of sp³-hybridized carbons (Fsp3) is 0.381. The highest BCUT2D eigenvalue weighted by Gasteiger charge is 2.29. The molecule has 0 radical (unpaired) electrons. The molecular weight excluding hydrogens is 392 g/mol. The zero-order chi connectivity index (χ0) is 20.9. The van der Waals surface area contributed by atoms with Gasteiger partial charge in [-0.3, -0.25) is 4.79 Å². The number of rotatable bonds is 7. The predicted octanol–water partition coefficient (Wildman–Crippen LogP) is 2.47. The van der Waals surface area contributed by atoms with E-state index in [0.29, 0.717) is 31.3 Å². The van der Waals surface area contributed by atoms with Crippen LogP contribution in [0, 0.1) is 5.92 Å². The number of carbonyl (C=O) groups is 1. The van der Waals surface area contributed by atoms with Crippen LogP contribution in [-0.2, 0) is 21.4 Å². The van der Waals surface area contributed by atoms with Gasteiger partial charge in [0, 0.05) is 19.0 Å². The molecule has 0 bridgehead atoms. The van der Waals surface area contributed by atoms with Crippen LogP contribution in [0.2, 0.25) is 0 Å². The summed E-state index contributed by atoms with van der Waals surface area (Å²) in [4.78, 5) is 12.7. The van der Waals surface area contributed by atoms with Crippen LogP contribution >= 0.6 is 0 Å². The van der Waals surface area contributed by atoms with Gasteiger partial charge in [0.25, 0.3) is 0 Å². The molecule has 0 saturated heterocycles. The molecule has 1 heterocycles. The predicted molar refractivity (Wildman–Crippen MR) is 109 cm³/mol. The Bertz CT molecular complexity index is 945. The average Bonchev–Trinajstić information content (AvgIpc) is 2.95. The molecule has 1 amide bonds. The first-order valence-corrected chi connectivity index (χ1v) is 11.1. The molecular formula is C21H26N2O5S. The van der Waals surface area contributed by atoms with E-state index in [1.165, 1.54) is 12.1 Å². The van der Waals surface area contributed by atoms with Crippen LogP contribution in [0.25, 0.3) is 0 Å². The van der Waals surface area contributed by atoms with Gasteiger partial charge in [-0.2, -0.15) is 4.72 Å². The van der Waals surface area contributed by atoms with Crippen molar-refractivity contribution in [3.63, 3.8) is 0 Å². The lowest BCUT2D eigenvalue weighted by atomic mass is 10.0. The standard InChI is InChI=1S/C21H26N2O5S/c1-15(2)20(21(24)22-14-16-7-4-3-5-8-16)23-29(25,26)17-9-10-18-19(13-17)28-12-6-11-27-18/h3-5,7-10,13,15,20,23H,6,11-12,14H2,1-2H3,(H,22,24)/t20-/m0/s1. The van der Waals surface area contributed by atoms with Crippen molar-refractivity contribution in [1.29, 1.82) is 0 Å². The molecule has 1 aliphatic heterocycles. The number of hydrogen-bond donors (Lipinski definition) is 2. The first-order chi connectivity index (χ1) is 13.9. The zero-order valence-electron chi connectivity index (χ0n) is 16.6. The molecule has 0 aliphatic carbocycles. The van der Waals surface area contributed by atoms with Crippen LogP contribution in [0.5, 0.6) is 11.5 Å². The van der Waals surface area contributed by atoms with E-state index in [-0.39, 0.29) is 16.7 Å². The van der Waals surface area contributed by atoms with Gasteiger partial charge in [0.05, 0.1) is 18.1 Å². The third-order valence-electron chi connectivity index (χ3n) is 4.57.